The average Bonchev–Trinajstić information content (AvgIpc) is 2.72. The summed E-state index contributed by atoms with van der Waals surface area (Å²) in [6, 6.07) is 5.50. The Hall–Kier alpha value is -0.740. The van der Waals surface area contributed by atoms with E-state index in [9.17, 15) is 0 Å². The van der Waals surface area contributed by atoms with E-state index >= 15 is 0 Å². The Labute approximate surface area is 140 Å². The Bertz CT molecular complexity index is 617. The molecule has 2 aromatic rings. The van der Waals surface area contributed by atoms with Crippen molar-refractivity contribution in [1.29, 1.82) is 0 Å². The third kappa shape index (κ3) is 3.37. The van der Waals surface area contributed by atoms with E-state index in [1.165, 1.54) is 0 Å². The number of likely N-dealkylation sites (N-methyl/N-ethyl adjacent to an activating group) is 1. The van der Waals surface area contributed by atoms with E-state index in [1.807, 2.05) is 43.9 Å². The second-order valence-electron chi connectivity index (χ2n) is 4.87. The molecule has 0 fully saturated rings. The molecule has 114 valence electrons. The van der Waals surface area contributed by atoms with Gasteiger partial charge in [0.25, 0.3) is 0 Å². The van der Waals surface area contributed by atoms with Gasteiger partial charge in [0.15, 0.2) is 0 Å². The van der Waals surface area contributed by atoms with Crippen molar-refractivity contribution in [1.82, 2.24) is 15.1 Å². The molecule has 0 bridgehead atoms. The fraction of sp³-hybridized carbons (Fsp3) is 0.400. The van der Waals surface area contributed by atoms with Crippen LogP contribution < -0.4 is 5.32 Å². The maximum absolute atomic E-state index is 6.42. The summed E-state index contributed by atoms with van der Waals surface area (Å²) >= 11 is 19.0. The summed E-state index contributed by atoms with van der Waals surface area (Å²) in [5.74, 6) is 0. The lowest BCUT2D eigenvalue weighted by Crippen LogP contribution is -2.21. The predicted octanol–water partition coefficient (Wildman–Crippen LogP) is 4.45. The van der Waals surface area contributed by atoms with Crippen molar-refractivity contribution in [3.05, 3.63) is 50.2 Å². The van der Waals surface area contributed by atoms with Gasteiger partial charge in [-0.05, 0) is 25.6 Å². The molecule has 3 nitrogen and oxygen atoms in total. The molecule has 0 spiro atoms. The van der Waals surface area contributed by atoms with Crippen LogP contribution in [0, 0.1) is 0 Å². The van der Waals surface area contributed by atoms with Crippen molar-refractivity contribution in [2.75, 3.05) is 7.05 Å². The largest absolute Gasteiger partial charge is 0.313 e. The fourth-order valence-electron chi connectivity index (χ4n) is 2.43. The molecular weight excluding hydrogens is 329 g/mol. The highest BCUT2D eigenvalue weighted by Gasteiger charge is 2.21. The summed E-state index contributed by atoms with van der Waals surface area (Å²) in [6.45, 7) is 2.04. The topological polar surface area (TPSA) is 29.9 Å². The Balaban J connectivity index is 2.38. The minimum Gasteiger partial charge on any atom is -0.313 e. The number of aryl methyl sites for hydroxylation is 2. The van der Waals surface area contributed by atoms with Crippen molar-refractivity contribution >= 4 is 34.8 Å². The van der Waals surface area contributed by atoms with Gasteiger partial charge in [-0.2, -0.15) is 5.10 Å². The molecule has 2 rings (SSSR count). The molecule has 1 atom stereocenters. The lowest BCUT2D eigenvalue weighted by Gasteiger charge is -2.19. The summed E-state index contributed by atoms with van der Waals surface area (Å²) in [7, 11) is 3.79. The number of aromatic nitrogens is 2. The van der Waals surface area contributed by atoms with Crippen LogP contribution in [-0.2, 0) is 19.9 Å². The first-order valence-corrected chi connectivity index (χ1v) is 7.94. The molecule has 1 aromatic heterocycles. The number of rotatable bonds is 5. The molecule has 6 heteroatoms. The number of hydrogen-bond donors (Lipinski definition) is 1. The summed E-state index contributed by atoms with van der Waals surface area (Å²) in [5, 5.41) is 9.73. The second kappa shape index (κ2) is 7.01. The first-order valence-electron chi connectivity index (χ1n) is 6.81. The van der Waals surface area contributed by atoms with Crippen LogP contribution in [0.15, 0.2) is 18.2 Å². The molecule has 0 aliphatic rings. The maximum atomic E-state index is 6.42. The quantitative estimate of drug-likeness (QED) is 0.867. The minimum atomic E-state index is -0.0243. The molecule has 1 aromatic carbocycles. The first-order chi connectivity index (χ1) is 9.99. The van der Waals surface area contributed by atoms with Crippen molar-refractivity contribution < 1.29 is 0 Å². The zero-order valence-corrected chi connectivity index (χ0v) is 14.5. The lowest BCUT2D eigenvalue weighted by atomic mass is 10.0. The van der Waals surface area contributed by atoms with Gasteiger partial charge in [0.2, 0.25) is 0 Å². The molecule has 1 N–H and O–H groups in total. The van der Waals surface area contributed by atoms with Crippen molar-refractivity contribution in [2.24, 2.45) is 7.05 Å². The van der Waals surface area contributed by atoms with Crippen molar-refractivity contribution in [3.63, 3.8) is 0 Å². The number of halogens is 3. The van der Waals surface area contributed by atoms with Crippen molar-refractivity contribution in [3.8, 4) is 0 Å². The third-order valence-electron chi connectivity index (χ3n) is 3.60. The number of nitrogens with one attached hydrogen (secondary N) is 1. The van der Waals surface area contributed by atoms with Gasteiger partial charge in [-0.3, -0.25) is 4.68 Å². The zero-order chi connectivity index (χ0) is 15.6. The summed E-state index contributed by atoms with van der Waals surface area (Å²) < 4.78 is 1.83. The highest BCUT2D eigenvalue weighted by Crippen LogP contribution is 2.33. The van der Waals surface area contributed by atoms with E-state index < -0.39 is 0 Å². The monoisotopic (exact) mass is 345 g/mol. The summed E-state index contributed by atoms with van der Waals surface area (Å²) in [5.41, 5.74) is 2.77. The molecule has 0 saturated carbocycles. The van der Waals surface area contributed by atoms with Crippen LogP contribution in [0.1, 0.15) is 29.9 Å². The Morgan fingerprint density at radius 1 is 1.24 bits per heavy atom. The molecule has 0 saturated heterocycles. The molecule has 0 amide bonds. The molecule has 1 unspecified atom stereocenters. The van der Waals surface area contributed by atoms with E-state index in [0.29, 0.717) is 16.5 Å². The second-order valence-corrected chi connectivity index (χ2v) is 6.06. The van der Waals surface area contributed by atoms with E-state index in [-0.39, 0.29) is 6.04 Å². The molecule has 0 aliphatic carbocycles. The van der Waals surface area contributed by atoms with Crippen LogP contribution in [-0.4, -0.2) is 16.8 Å². The van der Waals surface area contributed by atoms with Gasteiger partial charge < -0.3 is 5.32 Å². The van der Waals surface area contributed by atoms with Gasteiger partial charge in [-0.15, -0.1) is 0 Å². The number of hydrogen-bond acceptors (Lipinski definition) is 2. The van der Waals surface area contributed by atoms with Crippen LogP contribution in [0.3, 0.4) is 0 Å². The Morgan fingerprint density at radius 3 is 2.33 bits per heavy atom. The normalized spacial score (nSPS) is 12.7. The number of nitrogens with zero attached hydrogens (tertiary/aromatic N) is 2. The smallest absolute Gasteiger partial charge is 0.0850 e. The van der Waals surface area contributed by atoms with Gasteiger partial charge in [-0.1, -0.05) is 47.8 Å². The molecule has 0 aliphatic heterocycles. The SMILES string of the molecule is CCc1nn(C)c(CC(NC)c2c(Cl)cccc2Cl)c1Cl. The lowest BCUT2D eigenvalue weighted by molar-refractivity contribution is 0.561. The summed E-state index contributed by atoms with van der Waals surface area (Å²) in [6.07, 6.45) is 1.48. The highest BCUT2D eigenvalue weighted by atomic mass is 35.5. The Kier molecular flexibility index (Phi) is 5.55. The highest BCUT2D eigenvalue weighted by molar-refractivity contribution is 6.36. The summed E-state index contributed by atoms with van der Waals surface area (Å²) in [4.78, 5) is 0. The first kappa shape index (κ1) is 16.6. The van der Waals surface area contributed by atoms with Crippen molar-refractivity contribution in [2.45, 2.75) is 25.8 Å². The molecular formula is C15H18Cl3N3. The zero-order valence-electron chi connectivity index (χ0n) is 12.3. The maximum Gasteiger partial charge on any atom is 0.0850 e. The van der Waals surface area contributed by atoms with Gasteiger partial charge in [-0.25, -0.2) is 0 Å². The average molecular weight is 347 g/mol. The number of benzene rings is 1. The Morgan fingerprint density at radius 2 is 1.86 bits per heavy atom. The molecule has 0 radical (unpaired) electrons. The van der Waals surface area contributed by atoms with Crippen LogP contribution >= 0.6 is 34.8 Å². The van der Waals surface area contributed by atoms with Crippen LogP contribution in [0.4, 0.5) is 0 Å². The molecule has 1 heterocycles. The van der Waals surface area contributed by atoms with E-state index in [4.69, 9.17) is 34.8 Å². The van der Waals surface area contributed by atoms with Crippen LogP contribution in [0.25, 0.3) is 0 Å². The standard InChI is InChI=1S/C15H18Cl3N3/c1-4-11-15(18)13(21(3)20-11)8-12(19-2)14-9(16)6-5-7-10(14)17/h5-7,12,19H,4,8H2,1-3H3. The van der Waals surface area contributed by atoms with Gasteiger partial charge in [0.05, 0.1) is 16.4 Å². The van der Waals surface area contributed by atoms with Gasteiger partial charge >= 0.3 is 0 Å². The predicted molar refractivity (Wildman–Crippen MR) is 89.6 cm³/mol. The van der Waals surface area contributed by atoms with Crippen LogP contribution in [0.5, 0.6) is 0 Å². The van der Waals surface area contributed by atoms with Crippen LogP contribution in [0.2, 0.25) is 15.1 Å². The third-order valence-corrected chi connectivity index (χ3v) is 4.69. The van der Waals surface area contributed by atoms with Gasteiger partial charge in [0.1, 0.15) is 0 Å². The van der Waals surface area contributed by atoms with E-state index in [2.05, 4.69) is 10.4 Å². The van der Waals surface area contributed by atoms with E-state index in [1.54, 1.807) is 0 Å². The fourth-order valence-corrected chi connectivity index (χ4v) is 3.46. The van der Waals surface area contributed by atoms with Gasteiger partial charge in [0, 0.05) is 35.1 Å². The van der Waals surface area contributed by atoms with E-state index in [0.717, 1.165) is 28.4 Å². The molecule has 21 heavy (non-hydrogen) atoms. The minimum absolute atomic E-state index is 0.0243.